The Kier molecular flexibility index (Phi) is 4.87. The van der Waals surface area contributed by atoms with Crippen LogP contribution in [-0.4, -0.2) is 35.0 Å². The fourth-order valence-electron chi connectivity index (χ4n) is 2.62. The Morgan fingerprint density at radius 3 is 2.52 bits per heavy atom. The molecule has 23 heavy (non-hydrogen) atoms. The van der Waals surface area contributed by atoms with Crippen LogP contribution in [0.3, 0.4) is 0 Å². The van der Waals surface area contributed by atoms with E-state index in [1.165, 1.54) is 17.7 Å². The first-order valence-electron chi connectivity index (χ1n) is 7.97. The fraction of sp³-hybridized carbons (Fsp3) is 0.444. The van der Waals surface area contributed by atoms with E-state index in [9.17, 15) is 4.79 Å². The summed E-state index contributed by atoms with van der Waals surface area (Å²) in [7, 11) is 3.97. The van der Waals surface area contributed by atoms with Crippen molar-refractivity contribution in [2.75, 3.05) is 20.4 Å². The zero-order chi connectivity index (χ0) is 16.4. The summed E-state index contributed by atoms with van der Waals surface area (Å²) < 4.78 is 1.67. The quantitative estimate of drug-likeness (QED) is 0.763. The molecular weight excluding hydrogens is 306 g/mol. The zero-order valence-corrected chi connectivity index (χ0v) is 14.8. The second-order valence-corrected chi connectivity index (χ2v) is 7.33. The summed E-state index contributed by atoms with van der Waals surface area (Å²) in [6.45, 7) is 1.39. The molecule has 0 saturated heterocycles. The van der Waals surface area contributed by atoms with Crippen LogP contribution in [-0.2, 0) is 13.1 Å². The third-order valence-electron chi connectivity index (χ3n) is 4.05. The number of aromatic nitrogens is 2. The van der Waals surface area contributed by atoms with Gasteiger partial charge in [0.1, 0.15) is 0 Å². The van der Waals surface area contributed by atoms with Crippen LogP contribution in [0.5, 0.6) is 0 Å². The second kappa shape index (κ2) is 6.89. The Morgan fingerprint density at radius 1 is 1.26 bits per heavy atom. The van der Waals surface area contributed by atoms with Gasteiger partial charge in [0.2, 0.25) is 0 Å². The molecule has 0 N–H and O–H groups in total. The van der Waals surface area contributed by atoms with Crippen LogP contribution < -0.4 is 5.56 Å². The highest BCUT2D eigenvalue weighted by Gasteiger charge is 2.23. The molecule has 3 rings (SSSR count). The Bertz CT molecular complexity index is 705. The van der Waals surface area contributed by atoms with Crippen molar-refractivity contribution < 1.29 is 0 Å². The summed E-state index contributed by atoms with van der Waals surface area (Å²) in [6, 6.07) is 10.3. The third-order valence-corrected chi connectivity index (χ3v) is 4.79. The van der Waals surface area contributed by atoms with Crippen LogP contribution in [0, 0.1) is 5.92 Å². The van der Waals surface area contributed by atoms with Crippen LogP contribution in [0.1, 0.15) is 18.4 Å². The molecule has 1 saturated carbocycles. The molecule has 122 valence electrons. The van der Waals surface area contributed by atoms with Crippen LogP contribution in [0.15, 0.2) is 40.0 Å². The van der Waals surface area contributed by atoms with Gasteiger partial charge in [-0.25, -0.2) is 4.68 Å². The summed E-state index contributed by atoms with van der Waals surface area (Å²) in [4.78, 5) is 15.9. The van der Waals surface area contributed by atoms with Gasteiger partial charge in [0.25, 0.3) is 5.56 Å². The predicted molar refractivity (Wildman–Crippen MR) is 95.8 cm³/mol. The lowest BCUT2D eigenvalue weighted by Crippen LogP contribution is -2.30. The third kappa shape index (κ3) is 4.03. The molecule has 0 unspecified atom stereocenters. The average molecular weight is 329 g/mol. The molecule has 2 aromatic rings. The van der Waals surface area contributed by atoms with Gasteiger partial charge in [-0.1, -0.05) is 12.1 Å². The molecule has 1 aliphatic rings. The van der Waals surface area contributed by atoms with Gasteiger partial charge in [-0.2, -0.15) is 5.10 Å². The van der Waals surface area contributed by atoms with Gasteiger partial charge in [-0.15, -0.1) is 11.8 Å². The lowest BCUT2D eigenvalue weighted by Gasteiger charge is -2.13. The highest BCUT2D eigenvalue weighted by atomic mass is 32.2. The monoisotopic (exact) mass is 329 g/mol. The number of nitrogens with zero attached hydrogens (tertiary/aromatic N) is 3. The normalized spacial score (nSPS) is 14.4. The minimum absolute atomic E-state index is 0.0510. The summed E-state index contributed by atoms with van der Waals surface area (Å²) in [5.41, 5.74) is 2.81. The maximum Gasteiger partial charge on any atom is 0.271 e. The fourth-order valence-corrected chi connectivity index (χ4v) is 3.03. The van der Waals surface area contributed by atoms with Crippen molar-refractivity contribution in [3.8, 4) is 11.3 Å². The van der Waals surface area contributed by atoms with Gasteiger partial charge in [0.05, 0.1) is 5.69 Å². The minimum Gasteiger partial charge on any atom is -0.305 e. The van der Waals surface area contributed by atoms with Gasteiger partial charge in [-0.3, -0.25) is 4.79 Å². The Morgan fingerprint density at radius 2 is 1.96 bits per heavy atom. The lowest BCUT2D eigenvalue weighted by atomic mass is 10.1. The van der Waals surface area contributed by atoms with Gasteiger partial charge in [-0.05, 0) is 57.3 Å². The number of thioether (sulfide) groups is 1. The smallest absolute Gasteiger partial charge is 0.271 e. The van der Waals surface area contributed by atoms with Crippen molar-refractivity contribution in [2.45, 2.75) is 30.8 Å². The molecule has 4 nitrogen and oxygen atoms in total. The second-order valence-electron chi connectivity index (χ2n) is 6.45. The van der Waals surface area contributed by atoms with Crippen molar-refractivity contribution >= 4 is 11.8 Å². The predicted octanol–water partition coefficient (Wildman–Crippen LogP) is 3.10. The summed E-state index contributed by atoms with van der Waals surface area (Å²) in [5, 5.41) is 4.62. The molecule has 0 amide bonds. The SMILES string of the molecule is CSc1ccc(-c2cc(CN(C)C)c(=O)n(CC3CC3)n2)cc1. The first-order chi connectivity index (χ1) is 11.1. The highest BCUT2D eigenvalue weighted by molar-refractivity contribution is 7.98. The molecule has 0 aliphatic heterocycles. The molecule has 0 radical (unpaired) electrons. The Balaban J connectivity index is 2.01. The summed E-state index contributed by atoms with van der Waals surface area (Å²) in [6.07, 6.45) is 4.49. The topological polar surface area (TPSA) is 38.1 Å². The van der Waals surface area contributed by atoms with E-state index in [-0.39, 0.29) is 5.56 Å². The van der Waals surface area contributed by atoms with E-state index in [1.807, 2.05) is 25.1 Å². The van der Waals surface area contributed by atoms with Crippen molar-refractivity contribution in [1.29, 1.82) is 0 Å². The van der Waals surface area contributed by atoms with E-state index in [0.717, 1.165) is 23.4 Å². The van der Waals surface area contributed by atoms with Gasteiger partial charge < -0.3 is 4.90 Å². The molecule has 1 aliphatic carbocycles. The first kappa shape index (κ1) is 16.3. The molecule has 5 heteroatoms. The van der Waals surface area contributed by atoms with E-state index >= 15 is 0 Å². The standard InChI is InChI=1S/C18H23N3OS/c1-20(2)12-15-10-17(14-6-8-16(23-3)9-7-14)19-21(18(15)22)11-13-4-5-13/h6-10,13H,4-5,11-12H2,1-3H3. The zero-order valence-electron chi connectivity index (χ0n) is 14.0. The largest absolute Gasteiger partial charge is 0.305 e. The summed E-state index contributed by atoms with van der Waals surface area (Å²) in [5.74, 6) is 0.626. The molecule has 1 aromatic heterocycles. The first-order valence-corrected chi connectivity index (χ1v) is 9.19. The number of hydrogen-bond donors (Lipinski definition) is 0. The number of rotatable bonds is 6. The van der Waals surface area contributed by atoms with Gasteiger partial charge >= 0.3 is 0 Å². The van der Waals surface area contributed by atoms with Crippen LogP contribution in [0.4, 0.5) is 0 Å². The van der Waals surface area contributed by atoms with Crippen LogP contribution in [0.25, 0.3) is 11.3 Å². The summed E-state index contributed by atoms with van der Waals surface area (Å²) >= 11 is 1.72. The van der Waals surface area contributed by atoms with Gasteiger partial charge in [0, 0.05) is 29.1 Å². The van der Waals surface area contributed by atoms with E-state index in [4.69, 9.17) is 0 Å². The maximum absolute atomic E-state index is 12.6. The Hall–Kier alpha value is -1.59. The number of hydrogen-bond acceptors (Lipinski definition) is 4. The van der Waals surface area contributed by atoms with E-state index in [1.54, 1.807) is 16.4 Å². The lowest BCUT2D eigenvalue weighted by molar-refractivity contribution is 0.395. The highest BCUT2D eigenvalue weighted by Crippen LogP contribution is 2.30. The van der Waals surface area contributed by atoms with Crippen molar-refractivity contribution in [3.05, 3.63) is 46.2 Å². The molecule has 0 bridgehead atoms. The molecular formula is C18H23N3OS. The van der Waals surface area contributed by atoms with E-state index < -0.39 is 0 Å². The maximum atomic E-state index is 12.6. The van der Waals surface area contributed by atoms with Crippen LogP contribution in [0.2, 0.25) is 0 Å². The van der Waals surface area contributed by atoms with Crippen LogP contribution >= 0.6 is 11.8 Å². The molecule has 0 spiro atoms. The Labute approximate surface area is 141 Å². The van der Waals surface area contributed by atoms with E-state index in [0.29, 0.717) is 12.5 Å². The molecule has 1 fully saturated rings. The van der Waals surface area contributed by atoms with Gasteiger partial charge in [0.15, 0.2) is 0 Å². The van der Waals surface area contributed by atoms with Crippen molar-refractivity contribution in [1.82, 2.24) is 14.7 Å². The minimum atomic E-state index is 0.0510. The molecule has 1 heterocycles. The van der Waals surface area contributed by atoms with Crippen molar-refractivity contribution in [2.24, 2.45) is 5.92 Å². The number of benzene rings is 1. The molecule has 0 atom stereocenters. The molecule has 1 aromatic carbocycles. The van der Waals surface area contributed by atoms with Crippen molar-refractivity contribution in [3.63, 3.8) is 0 Å². The van der Waals surface area contributed by atoms with E-state index in [2.05, 4.69) is 35.6 Å². The average Bonchev–Trinajstić information content (AvgIpc) is 3.35.